The van der Waals surface area contributed by atoms with Crippen molar-refractivity contribution in [3.05, 3.63) is 53.6 Å². The van der Waals surface area contributed by atoms with E-state index in [-0.39, 0.29) is 24.4 Å². The van der Waals surface area contributed by atoms with E-state index >= 15 is 0 Å². The standard InChI is InChI=1S/C22H22O7/c1-2-26-17-6-3-15(4-7-17)18(23)8-10-22(25)29-14-19(24)16-5-9-20-21(13-16)28-12-11-27-20/h3-7,9,13H,2,8,10-12,14H2,1H3. The van der Waals surface area contributed by atoms with Crippen LogP contribution in [0.15, 0.2) is 42.5 Å². The van der Waals surface area contributed by atoms with Gasteiger partial charge in [0.2, 0.25) is 0 Å². The summed E-state index contributed by atoms with van der Waals surface area (Å²) in [5.74, 6) is 0.625. The number of carbonyl (C=O) groups is 3. The van der Waals surface area contributed by atoms with Crippen LogP contribution in [0.3, 0.4) is 0 Å². The van der Waals surface area contributed by atoms with Gasteiger partial charge in [-0.2, -0.15) is 0 Å². The molecule has 0 N–H and O–H groups in total. The Hall–Kier alpha value is -3.35. The molecular weight excluding hydrogens is 376 g/mol. The fourth-order valence-corrected chi connectivity index (χ4v) is 2.78. The highest BCUT2D eigenvalue weighted by molar-refractivity contribution is 5.99. The Morgan fingerprint density at radius 3 is 2.28 bits per heavy atom. The second kappa shape index (κ2) is 9.73. The Kier molecular flexibility index (Phi) is 6.84. The molecule has 0 spiro atoms. The Morgan fingerprint density at radius 2 is 1.55 bits per heavy atom. The van der Waals surface area contributed by atoms with Crippen molar-refractivity contribution in [3.63, 3.8) is 0 Å². The van der Waals surface area contributed by atoms with Crippen LogP contribution in [0, 0.1) is 0 Å². The highest BCUT2D eigenvalue weighted by Crippen LogP contribution is 2.30. The topological polar surface area (TPSA) is 88.1 Å². The van der Waals surface area contributed by atoms with Crippen LogP contribution in [0.5, 0.6) is 17.2 Å². The summed E-state index contributed by atoms with van der Waals surface area (Å²) >= 11 is 0. The molecule has 0 fully saturated rings. The van der Waals surface area contributed by atoms with Gasteiger partial charge in [-0.05, 0) is 49.4 Å². The molecule has 1 heterocycles. The maximum Gasteiger partial charge on any atom is 0.306 e. The van der Waals surface area contributed by atoms with E-state index in [4.69, 9.17) is 18.9 Å². The number of ether oxygens (including phenoxy) is 4. The van der Waals surface area contributed by atoms with Crippen molar-refractivity contribution in [2.45, 2.75) is 19.8 Å². The van der Waals surface area contributed by atoms with E-state index in [2.05, 4.69) is 0 Å². The highest BCUT2D eigenvalue weighted by atomic mass is 16.6. The van der Waals surface area contributed by atoms with E-state index in [0.717, 1.165) is 0 Å². The van der Waals surface area contributed by atoms with Gasteiger partial charge in [0, 0.05) is 17.5 Å². The van der Waals surface area contributed by atoms with E-state index in [9.17, 15) is 14.4 Å². The normalized spacial score (nSPS) is 12.2. The van der Waals surface area contributed by atoms with Gasteiger partial charge in [0.05, 0.1) is 13.0 Å². The first-order chi connectivity index (χ1) is 14.1. The van der Waals surface area contributed by atoms with Crippen molar-refractivity contribution in [3.8, 4) is 17.2 Å². The number of hydrogen-bond acceptors (Lipinski definition) is 7. The smallest absolute Gasteiger partial charge is 0.306 e. The van der Waals surface area contributed by atoms with E-state index in [1.54, 1.807) is 42.5 Å². The monoisotopic (exact) mass is 398 g/mol. The molecule has 0 aliphatic carbocycles. The Balaban J connectivity index is 1.44. The third-order valence-corrected chi connectivity index (χ3v) is 4.27. The molecule has 0 saturated carbocycles. The molecule has 0 unspecified atom stereocenters. The number of Topliss-reactive ketones (excluding diaryl/α,β-unsaturated/α-hetero) is 2. The molecule has 0 bridgehead atoms. The number of hydrogen-bond donors (Lipinski definition) is 0. The molecule has 0 amide bonds. The lowest BCUT2D eigenvalue weighted by Crippen LogP contribution is -2.17. The maximum atomic E-state index is 12.2. The quantitative estimate of drug-likeness (QED) is 0.473. The Bertz CT molecular complexity index is 887. The molecule has 3 rings (SSSR count). The lowest BCUT2D eigenvalue weighted by atomic mass is 10.1. The number of carbonyl (C=O) groups excluding carboxylic acids is 3. The highest BCUT2D eigenvalue weighted by Gasteiger charge is 2.17. The summed E-state index contributed by atoms with van der Waals surface area (Å²) in [6, 6.07) is 11.6. The minimum atomic E-state index is -0.602. The average Bonchev–Trinajstić information content (AvgIpc) is 2.76. The third kappa shape index (κ3) is 5.57. The molecule has 29 heavy (non-hydrogen) atoms. The van der Waals surface area contributed by atoms with Crippen molar-refractivity contribution in [1.29, 1.82) is 0 Å². The molecule has 2 aromatic rings. The van der Waals surface area contributed by atoms with Crippen LogP contribution >= 0.6 is 0 Å². The first kappa shape index (κ1) is 20.4. The van der Waals surface area contributed by atoms with E-state index in [1.807, 2.05) is 6.92 Å². The van der Waals surface area contributed by atoms with Gasteiger partial charge in [-0.25, -0.2) is 0 Å². The summed E-state index contributed by atoms with van der Waals surface area (Å²) in [5.41, 5.74) is 0.862. The number of esters is 1. The second-order valence-electron chi connectivity index (χ2n) is 6.32. The molecule has 7 heteroatoms. The first-order valence-electron chi connectivity index (χ1n) is 9.41. The van der Waals surface area contributed by atoms with Crippen molar-refractivity contribution in [2.24, 2.45) is 0 Å². The van der Waals surface area contributed by atoms with Crippen molar-refractivity contribution >= 4 is 17.5 Å². The van der Waals surface area contributed by atoms with Crippen molar-refractivity contribution < 1.29 is 33.3 Å². The molecule has 0 saturated heterocycles. The van der Waals surface area contributed by atoms with Crippen LogP contribution in [0.1, 0.15) is 40.5 Å². The largest absolute Gasteiger partial charge is 0.494 e. The molecule has 1 aliphatic heterocycles. The molecule has 152 valence electrons. The van der Waals surface area contributed by atoms with E-state index in [0.29, 0.717) is 48.2 Å². The van der Waals surface area contributed by atoms with Crippen molar-refractivity contribution in [1.82, 2.24) is 0 Å². The zero-order valence-electron chi connectivity index (χ0n) is 16.1. The van der Waals surface area contributed by atoms with Gasteiger partial charge < -0.3 is 18.9 Å². The summed E-state index contributed by atoms with van der Waals surface area (Å²) in [4.78, 5) is 36.3. The van der Waals surface area contributed by atoms with Gasteiger partial charge in [0.15, 0.2) is 29.7 Å². The molecule has 2 aromatic carbocycles. The van der Waals surface area contributed by atoms with Crippen LogP contribution in [0.2, 0.25) is 0 Å². The fourth-order valence-electron chi connectivity index (χ4n) is 2.78. The Morgan fingerprint density at radius 1 is 0.862 bits per heavy atom. The van der Waals surface area contributed by atoms with Crippen molar-refractivity contribution in [2.75, 3.05) is 26.4 Å². The van der Waals surface area contributed by atoms with Gasteiger partial charge in [0.25, 0.3) is 0 Å². The number of fused-ring (bicyclic) bond motifs is 1. The molecule has 1 aliphatic rings. The Labute approximate surface area is 168 Å². The number of benzene rings is 2. The lowest BCUT2D eigenvalue weighted by Gasteiger charge is -2.18. The van der Waals surface area contributed by atoms with Gasteiger partial charge in [-0.3, -0.25) is 14.4 Å². The summed E-state index contributed by atoms with van der Waals surface area (Å²) < 4.78 is 21.2. The predicted octanol–water partition coefficient (Wildman–Crippen LogP) is 3.25. The first-order valence-corrected chi connectivity index (χ1v) is 9.41. The van der Waals surface area contributed by atoms with Crippen LogP contribution in [-0.4, -0.2) is 44.0 Å². The van der Waals surface area contributed by atoms with Gasteiger partial charge in [-0.1, -0.05) is 0 Å². The molecule has 7 nitrogen and oxygen atoms in total. The molecule has 0 radical (unpaired) electrons. The summed E-state index contributed by atoms with van der Waals surface area (Å²) in [5, 5.41) is 0. The molecular formula is C22H22O7. The maximum absolute atomic E-state index is 12.2. The zero-order valence-corrected chi connectivity index (χ0v) is 16.1. The van der Waals surface area contributed by atoms with Gasteiger partial charge >= 0.3 is 5.97 Å². The summed E-state index contributed by atoms with van der Waals surface area (Å²) in [6.07, 6.45) is -0.0918. The minimum absolute atomic E-state index is 0.00499. The number of rotatable bonds is 9. The lowest BCUT2D eigenvalue weighted by molar-refractivity contribution is -0.142. The summed E-state index contributed by atoms with van der Waals surface area (Å²) in [7, 11) is 0. The van der Waals surface area contributed by atoms with E-state index < -0.39 is 12.6 Å². The predicted molar refractivity (Wildman–Crippen MR) is 104 cm³/mol. The van der Waals surface area contributed by atoms with Crippen LogP contribution in [0.25, 0.3) is 0 Å². The fraction of sp³-hybridized carbons (Fsp3) is 0.318. The number of ketones is 2. The third-order valence-electron chi connectivity index (χ3n) is 4.27. The van der Waals surface area contributed by atoms with E-state index in [1.165, 1.54) is 0 Å². The van der Waals surface area contributed by atoms with Crippen LogP contribution in [0.4, 0.5) is 0 Å². The molecule has 0 aromatic heterocycles. The SMILES string of the molecule is CCOc1ccc(C(=O)CCC(=O)OCC(=O)c2ccc3c(c2)OCCO3)cc1. The van der Waals surface area contributed by atoms with Gasteiger partial charge in [0.1, 0.15) is 19.0 Å². The minimum Gasteiger partial charge on any atom is -0.494 e. The second-order valence-corrected chi connectivity index (χ2v) is 6.32. The average molecular weight is 398 g/mol. The molecule has 0 atom stereocenters. The van der Waals surface area contributed by atoms with Crippen LogP contribution < -0.4 is 14.2 Å². The van der Waals surface area contributed by atoms with Gasteiger partial charge in [-0.15, -0.1) is 0 Å². The summed E-state index contributed by atoms with van der Waals surface area (Å²) in [6.45, 7) is 2.92. The van der Waals surface area contributed by atoms with Crippen LogP contribution in [-0.2, 0) is 9.53 Å². The zero-order chi connectivity index (χ0) is 20.6.